The van der Waals surface area contributed by atoms with Crippen LogP contribution in [-0.2, 0) is 6.18 Å². The van der Waals surface area contributed by atoms with Gasteiger partial charge in [0.05, 0.1) is 13.2 Å². The molecule has 4 heterocycles. The summed E-state index contributed by atoms with van der Waals surface area (Å²) in [6.07, 6.45) is 0.284. The third-order valence-corrected chi connectivity index (χ3v) is 6.43. The van der Waals surface area contributed by atoms with E-state index in [9.17, 15) is 18.0 Å². The molecule has 5 rings (SSSR count). The number of amides is 1. The molecule has 2 atom stereocenters. The topological polar surface area (TPSA) is 132 Å². The normalized spacial score (nSPS) is 16.8. The van der Waals surface area contributed by atoms with E-state index in [1.807, 2.05) is 4.90 Å². The molecule has 0 spiro atoms. The van der Waals surface area contributed by atoms with Crippen molar-refractivity contribution in [2.75, 3.05) is 25.1 Å². The number of carbonyl (C=O) groups excluding carboxylic acids is 1. The summed E-state index contributed by atoms with van der Waals surface area (Å²) < 4.78 is 51.1. The third-order valence-electron chi connectivity index (χ3n) is 6.43. The molecule has 1 unspecified atom stereocenters. The van der Waals surface area contributed by atoms with Gasteiger partial charge in [-0.15, -0.1) is 0 Å². The van der Waals surface area contributed by atoms with Crippen LogP contribution in [0.3, 0.4) is 0 Å². The van der Waals surface area contributed by atoms with Gasteiger partial charge in [-0.1, -0.05) is 0 Å². The van der Waals surface area contributed by atoms with Crippen molar-refractivity contribution in [1.82, 2.24) is 25.3 Å². The Morgan fingerprint density at radius 2 is 1.97 bits per heavy atom. The number of halogens is 3. The van der Waals surface area contributed by atoms with Crippen LogP contribution in [0.2, 0.25) is 0 Å². The van der Waals surface area contributed by atoms with Crippen molar-refractivity contribution in [2.45, 2.75) is 38.0 Å². The fraction of sp³-hybridized carbons (Fsp3) is 0.346. The van der Waals surface area contributed by atoms with E-state index >= 15 is 0 Å². The lowest BCUT2D eigenvalue weighted by atomic mass is 10.1. The number of ether oxygens (including phenoxy) is 1. The van der Waals surface area contributed by atoms with Crippen LogP contribution in [0.15, 0.2) is 47.1 Å². The van der Waals surface area contributed by atoms with E-state index in [0.717, 1.165) is 25.5 Å². The van der Waals surface area contributed by atoms with Crippen LogP contribution < -0.4 is 20.7 Å². The maximum Gasteiger partial charge on any atom is 0.433 e. The number of benzene rings is 1. The van der Waals surface area contributed by atoms with Gasteiger partial charge in [0.15, 0.2) is 11.5 Å². The van der Waals surface area contributed by atoms with Crippen LogP contribution >= 0.6 is 0 Å². The number of anilines is 1. The molecule has 0 aliphatic carbocycles. The summed E-state index contributed by atoms with van der Waals surface area (Å²) >= 11 is 0. The summed E-state index contributed by atoms with van der Waals surface area (Å²) in [7, 11) is 1.34. The molecular weight excluding hydrogens is 515 g/mol. The third kappa shape index (κ3) is 5.35. The lowest BCUT2D eigenvalue weighted by molar-refractivity contribution is -0.140. The van der Waals surface area contributed by atoms with Crippen molar-refractivity contribution < 1.29 is 27.1 Å². The first kappa shape index (κ1) is 26.4. The van der Waals surface area contributed by atoms with Gasteiger partial charge in [-0.3, -0.25) is 4.79 Å². The average Bonchev–Trinajstić information content (AvgIpc) is 3.38. The number of hydrogen-bond donors (Lipinski definition) is 2. The van der Waals surface area contributed by atoms with E-state index in [2.05, 4.69) is 25.3 Å². The molecule has 204 valence electrons. The van der Waals surface area contributed by atoms with E-state index in [4.69, 9.17) is 14.9 Å². The number of nitrogens with two attached hydrogens (primary N) is 1. The van der Waals surface area contributed by atoms with E-state index in [0.29, 0.717) is 23.4 Å². The second-order valence-electron chi connectivity index (χ2n) is 9.23. The molecule has 1 amide bonds. The minimum absolute atomic E-state index is 0.0110. The number of alkyl halides is 3. The van der Waals surface area contributed by atoms with Crippen molar-refractivity contribution in [3.63, 3.8) is 0 Å². The quantitative estimate of drug-likeness (QED) is 0.370. The number of carbonyl (C=O) groups is 1. The van der Waals surface area contributed by atoms with Crippen LogP contribution in [0.5, 0.6) is 5.75 Å². The highest BCUT2D eigenvalue weighted by Crippen LogP contribution is 2.37. The van der Waals surface area contributed by atoms with E-state index in [1.54, 1.807) is 31.5 Å². The van der Waals surface area contributed by atoms with Crippen molar-refractivity contribution in [2.24, 2.45) is 5.73 Å². The molecule has 1 aromatic carbocycles. The highest BCUT2D eigenvalue weighted by Gasteiger charge is 2.33. The maximum atomic E-state index is 13.3. The Balaban J connectivity index is 1.46. The lowest BCUT2D eigenvalue weighted by Crippen LogP contribution is -2.48. The van der Waals surface area contributed by atoms with Gasteiger partial charge < -0.3 is 25.1 Å². The van der Waals surface area contributed by atoms with Crippen molar-refractivity contribution >= 4 is 22.8 Å². The zero-order valence-electron chi connectivity index (χ0n) is 21.2. The zero-order chi connectivity index (χ0) is 27.7. The summed E-state index contributed by atoms with van der Waals surface area (Å²) in [6, 6.07) is 6.09. The van der Waals surface area contributed by atoms with E-state index < -0.39 is 23.8 Å². The fourth-order valence-corrected chi connectivity index (χ4v) is 4.60. The smallest absolute Gasteiger partial charge is 0.433 e. The number of nitrogens with one attached hydrogen (secondary N) is 1. The highest BCUT2D eigenvalue weighted by molar-refractivity contribution is 5.98. The van der Waals surface area contributed by atoms with Gasteiger partial charge in [-0.05, 0) is 50.1 Å². The number of aromatic nitrogens is 4. The van der Waals surface area contributed by atoms with Gasteiger partial charge in [0.1, 0.15) is 17.0 Å². The first-order valence-corrected chi connectivity index (χ1v) is 12.3. The Hall–Kier alpha value is -4.26. The summed E-state index contributed by atoms with van der Waals surface area (Å²) in [4.78, 5) is 32.1. The van der Waals surface area contributed by atoms with Gasteiger partial charge in [0.2, 0.25) is 11.8 Å². The highest BCUT2D eigenvalue weighted by atomic mass is 19.4. The molecule has 1 saturated heterocycles. The van der Waals surface area contributed by atoms with Crippen LogP contribution in [0.25, 0.3) is 22.4 Å². The predicted molar refractivity (Wildman–Crippen MR) is 136 cm³/mol. The summed E-state index contributed by atoms with van der Waals surface area (Å²) in [5, 5.41) is 3.32. The maximum absolute atomic E-state index is 13.3. The summed E-state index contributed by atoms with van der Waals surface area (Å²) in [6.45, 7) is 2.94. The Bertz CT molecular complexity index is 1490. The van der Waals surface area contributed by atoms with Crippen molar-refractivity contribution in [1.29, 1.82) is 0 Å². The second kappa shape index (κ2) is 10.5. The van der Waals surface area contributed by atoms with E-state index in [-0.39, 0.29) is 34.7 Å². The molecule has 3 N–H and O–H groups in total. The van der Waals surface area contributed by atoms with Gasteiger partial charge in [-0.25, -0.2) is 19.9 Å². The monoisotopic (exact) mass is 541 g/mol. The molecule has 1 aliphatic heterocycles. The second-order valence-corrected chi connectivity index (χ2v) is 9.23. The number of pyridine rings is 1. The minimum atomic E-state index is -4.63. The molecule has 4 aromatic rings. The number of nitrogens with zero attached hydrogens (tertiary/aromatic N) is 5. The SMILES string of the molecule is COc1ccc(-c2nc(C(=O)NC3CCCN(c4ncccn4)C3)c([C@H](C)N)o2)c2ccc(C(F)(F)F)nc12. The van der Waals surface area contributed by atoms with Gasteiger partial charge in [0, 0.05) is 42.5 Å². The molecule has 13 heteroatoms. The lowest BCUT2D eigenvalue weighted by Gasteiger charge is -2.32. The van der Waals surface area contributed by atoms with Crippen LogP contribution in [0.1, 0.15) is 47.7 Å². The molecule has 0 bridgehead atoms. The number of hydrogen-bond acceptors (Lipinski definition) is 9. The molecule has 0 saturated carbocycles. The molecule has 10 nitrogen and oxygen atoms in total. The fourth-order valence-electron chi connectivity index (χ4n) is 4.60. The number of methoxy groups -OCH3 is 1. The first-order chi connectivity index (χ1) is 18.7. The molecule has 1 aliphatic rings. The Morgan fingerprint density at radius 1 is 1.21 bits per heavy atom. The first-order valence-electron chi connectivity index (χ1n) is 12.3. The molecule has 39 heavy (non-hydrogen) atoms. The zero-order valence-corrected chi connectivity index (χ0v) is 21.2. The Kier molecular flexibility index (Phi) is 7.08. The molecule has 0 radical (unpaired) electrons. The van der Waals surface area contributed by atoms with E-state index in [1.165, 1.54) is 19.2 Å². The summed E-state index contributed by atoms with van der Waals surface area (Å²) in [5.41, 5.74) is 5.39. The van der Waals surface area contributed by atoms with Gasteiger partial charge >= 0.3 is 6.18 Å². The number of oxazole rings is 1. The number of piperidine rings is 1. The van der Waals surface area contributed by atoms with Gasteiger partial charge in [0.25, 0.3) is 5.91 Å². The van der Waals surface area contributed by atoms with Gasteiger partial charge in [-0.2, -0.15) is 13.2 Å². The molecule has 1 fully saturated rings. The van der Waals surface area contributed by atoms with Crippen LogP contribution in [0.4, 0.5) is 19.1 Å². The van der Waals surface area contributed by atoms with Crippen molar-refractivity contribution in [3.05, 3.63) is 59.9 Å². The number of rotatable bonds is 6. The van der Waals surface area contributed by atoms with Crippen LogP contribution in [0, 0.1) is 0 Å². The average molecular weight is 542 g/mol. The Labute approximate surface area is 221 Å². The van der Waals surface area contributed by atoms with Crippen molar-refractivity contribution in [3.8, 4) is 17.2 Å². The minimum Gasteiger partial charge on any atom is -0.494 e. The predicted octanol–water partition coefficient (Wildman–Crippen LogP) is 4.13. The van der Waals surface area contributed by atoms with Crippen LogP contribution in [-0.4, -0.2) is 52.1 Å². The largest absolute Gasteiger partial charge is 0.494 e. The number of fused-ring (bicyclic) bond motifs is 1. The Morgan fingerprint density at radius 3 is 2.67 bits per heavy atom. The molecule has 3 aromatic heterocycles. The molecular formula is C26H26F3N7O3. The standard InChI is InChI=1S/C26H26F3N7O3/c1-14(30)22-21(23(37)33-15-5-3-12-36(13-15)25-31-10-4-11-32-25)35-24(39-22)17-6-8-18(38-2)20-16(17)7-9-19(34-20)26(27,28)29/h4,6-11,14-15H,3,5,12-13,30H2,1-2H3,(H,33,37)/t14-,15?/m0/s1. The summed E-state index contributed by atoms with van der Waals surface area (Å²) in [5.74, 6) is 0.467.